The summed E-state index contributed by atoms with van der Waals surface area (Å²) in [6, 6.07) is 6.31. The highest BCUT2D eigenvalue weighted by molar-refractivity contribution is 5.97. The van der Waals surface area contributed by atoms with E-state index in [-0.39, 0.29) is 30.9 Å². The normalized spacial score (nSPS) is 17.2. The van der Waals surface area contributed by atoms with Crippen LogP contribution in [0.1, 0.15) is 30.6 Å². The number of carboxylic acids is 1. The molecule has 1 aromatic carbocycles. The van der Waals surface area contributed by atoms with E-state index in [2.05, 4.69) is 10.6 Å². The number of hydrogen-bond acceptors (Lipinski definition) is 4. The third kappa shape index (κ3) is 5.75. The van der Waals surface area contributed by atoms with Gasteiger partial charge in [0.15, 0.2) is 0 Å². The van der Waals surface area contributed by atoms with Crippen molar-refractivity contribution in [3.63, 3.8) is 0 Å². The van der Waals surface area contributed by atoms with E-state index in [0.29, 0.717) is 24.4 Å². The predicted octanol–water partition coefficient (Wildman–Crippen LogP) is 1.53. The van der Waals surface area contributed by atoms with Crippen LogP contribution in [-0.2, 0) is 9.53 Å². The van der Waals surface area contributed by atoms with Gasteiger partial charge in [-0.1, -0.05) is 6.07 Å². The first kappa shape index (κ1) is 18.7. The number of carbonyl (C=O) groups is 3. The second-order valence-electron chi connectivity index (χ2n) is 6.18. The van der Waals surface area contributed by atoms with Gasteiger partial charge in [-0.05, 0) is 32.0 Å². The van der Waals surface area contributed by atoms with Gasteiger partial charge < -0.3 is 25.4 Å². The number of carboxylic acid groups (broad SMARTS) is 1. The molecule has 1 heterocycles. The van der Waals surface area contributed by atoms with E-state index in [1.807, 2.05) is 13.8 Å². The number of hydrogen-bond donors (Lipinski definition) is 3. The molecule has 1 saturated heterocycles. The van der Waals surface area contributed by atoms with Crippen molar-refractivity contribution in [2.45, 2.75) is 32.4 Å². The average molecular weight is 349 g/mol. The number of benzene rings is 1. The Hall–Kier alpha value is -2.61. The van der Waals surface area contributed by atoms with E-state index in [1.54, 1.807) is 29.2 Å². The smallest absolute Gasteiger partial charge is 0.319 e. The summed E-state index contributed by atoms with van der Waals surface area (Å²) >= 11 is 0. The number of carbonyl (C=O) groups excluding carboxylic acids is 2. The van der Waals surface area contributed by atoms with Crippen LogP contribution in [0.15, 0.2) is 24.3 Å². The van der Waals surface area contributed by atoms with E-state index in [1.165, 1.54) is 0 Å². The number of morpholine rings is 1. The number of rotatable bonds is 5. The highest BCUT2D eigenvalue weighted by Gasteiger charge is 2.26. The van der Waals surface area contributed by atoms with Gasteiger partial charge in [0.1, 0.15) is 0 Å². The summed E-state index contributed by atoms with van der Waals surface area (Å²) in [5.74, 6) is -1.17. The second kappa shape index (κ2) is 8.48. The monoisotopic (exact) mass is 349 g/mol. The Bertz CT molecular complexity index is 647. The Morgan fingerprint density at radius 3 is 2.80 bits per heavy atom. The van der Waals surface area contributed by atoms with Crippen molar-refractivity contribution in [3.8, 4) is 0 Å². The maximum Gasteiger partial charge on any atom is 0.319 e. The zero-order chi connectivity index (χ0) is 18.4. The van der Waals surface area contributed by atoms with Crippen LogP contribution in [0.2, 0.25) is 0 Å². The van der Waals surface area contributed by atoms with Crippen LogP contribution in [0.25, 0.3) is 0 Å². The number of amides is 3. The Labute approximate surface area is 146 Å². The van der Waals surface area contributed by atoms with Gasteiger partial charge in [-0.2, -0.15) is 0 Å². The zero-order valence-corrected chi connectivity index (χ0v) is 14.3. The first-order valence-corrected chi connectivity index (χ1v) is 8.15. The number of aliphatic carboxylic acids is 1. The Morgan fingerprint density at radius 2 is 2.12 bits per heavy atom. The summed E-state index contributed by atoms with van der Waals surface area (Å²) in [6.45, 7) is 4.65. The van der Waals surface area contributed by atoms with E-state index < -0.39 is 12.1 Å². The molecule has 0 bridgehead atoms. The van der Waals surface area contributed by atoms with Gasteiger partial charge in [0.25, 0.3) is 5.91 Å². The first-order valence-electron chi connectivity index (χ1n) is 8.15. The molecule has 0 aliphatic carbocycles. The predicted molar refractivity (Wildman–Crippen MR) is 91.6 cm³/mol. The molecule has 3 amide bonds. The molecule has 3 N–H and O–H groups in total. The lowest BCUT2D eigenvalue weighted by molar-refractivity contribution is -0.141. The van der Waals surface area contributed by atoms with Crippen molar-refractivity contribution in [1.29, 1.82) is 0 Å². The van der Waals surface area contributed by atoms with Crippen LogP contribution in [0.3, 0.4) is 0 Å². The van der Waals surface area contributed by atoms with Crippen LogP contribution in [0.4, 0.5) is 10.5 Å². The van der Waals surface area contributed by atoms with Gasteiger partial charge >= 0.3 is 12.0 Å². The van der Waals surface area contributed by atoms with Crippen molar-refractivity contribution in [2.24, 2.45) is 0 Å². The SMILES string of the molecule is CC(C)NC(=O)Nc1cccc(C(=O)N2CCOC(CC(=O)O)C2)c1. The molecule has 0 radical (unpaired) electrons. The van der Waals surface area contributed by atoms with Gasteiger partial charge in [0.05, 0.1) is 19.1 Å². The molecule has 0 saturated carbocycles. The topological polar surface area (TPSA) is 108 Å². The molecule has 1 aliphatic rings. The lowest BCUT2D eigenvalue weighted by atomic mass is 10.1. The summed E-state index contributed by atoms with van der Waals surface area (Å²) in [5.41, 5.74) is 0.942. The van der Waals surface area contributed by atoms with Crippen LogP contribution < -0.4 is 10.6 Å². The van der Waals surface area contributed by atoms with Crippen LogP contribution >= 0.6 is 0 Å². The molecule has 25 heavy (non-hydrogen) atoms. The summed E-state index contributed by atoms with van der Waals surface area (Å²) in [5, 5.41) is 14.3. The lowest BCUT2D eigenvalue weighted by Crippen LogP contribution is -2.46. The third-order valence-electron chi connectivity index (χ3n) is 3.62. The van der Waals surface area contributed by atoms with Crippen molar-refractivity contribution in [1.82, 2.24) is 10.2 Å². The molecule has 1 fully saturated rings. The summed E-state index contributed by atoms with van der Waals surface area (Å²) in [4.78, 5) is 36.8. The molecule has 1 aromatic rings. The third-order valence-corrected chi connectivity index (χ3v) is 3.62. The fourth-order valence-electron chi connectivity index (χ4n) is 2.56. The van der Waals surface area contributed by atoms with Gasteiger partial charge in [0, 0.05) is 30.4 Å². The molecular formula is C17H23N3O5. The molecule has 136 valence electrons. The standard InChI is InChI=1S/C17H23N3O5/c1-11(2)18-17(24)19-13-5-3-4-12(8-13)16(23)20-6-7-25-14(10-20)9-15(21)22/h3-5,8,11,14H,6-7,9-10H2,1-2H3,(H,21,22)(H2,18,19,24). The van der Waals surface area contributed by atoms with Crippen molar-refractivity contribution in [2.75, 3.05) is 25.0 Å². The van der Waals surface area contributed by atoms with Crippen molar-refractivity contribution >= 4 is 23.6 Å². The molecule has 0 aromatic heterocycles. The molecule has 2 rings (SSSR count). The number of urea groups is 1. The Kier molecular flexibility index (Phi) is 6.35. The molecule has 8 nitrogen and oxygen atoms in total. The zero-order valence-electron chi connectivity index (χ0n) is 14.3. The lowest BCUT2D eigenvalue weighted by Gasteiger charge is -2.32. The highest BCUT2D eigenvalue weighted by atomic mass is 16.5. The molecule has 8 heteroatoms. The number of nitrogens with one attached hydrogen (secondary N) is 2. The van der Waals surface area contributed by atoms with E-state index in [0.717, 1.165) is 0 Å². The first-order chi connectivity index (χ1) is 11.8. The second-order valence-corrected chi connectivity index (χ2v) is 6.18. The summed E-state index contributed by atoms with van der Waals surface area (Å²) in [7, 11) is 0. The van der Waals surface area contributed by atoms with Crippen LogP contribution in [0, 0.1) is 0 Å². The van der Waals surface area contributed by atoms with Gasteiger partial charge in [-0.25, -0.2) is 4.79 Å². The number of nitrogens with zero attached hydrogens (tertiary/aromatic N) is 1. The van der Waals surface area contributed by atoms with Gasteiger partial charge in [-0.3, -0.25) is 9.59 Å². The van der Waals surface area contributed by atoms with Crippen LogP contribution in [-0.4, -0.2) is 59.8 Å². The maximum absolute atomic E-state index is 12.6. The largest absolute Gasteiger partial charge is 0.481 e. The minimum Gasteiger partial charge on any atom is -0.481 e. The van der Waals surface area contributed by atoms with Crippen LogP contribution in [0.5, 0.6) is 0 Å². The number of anilines is 1. The minimum absolute atomic E-state index is 0.00401. The van der Waals surface area contributed by atoms with Gasteiger partial charge in [0.2, 0.25) is 0 Å². The fourth-order valence-corrected chi connectivity index (χ4v) is 2.56. The van der Waals surface area contributed by atoms with Gasteiger partial charge in [-0.15, -0.1) is 0 Å². The summed E-state index contributed by atoms with van der Waals surface area (Å²) in [6.07, 6.45) is -0.644. The van der Waals surface area contributed by atoms with Crippen molar-refractivity contribution < 1.29 is 24.2 Å². The maximum atomic E-state index is 12.6. The van der Waals surface area contributed by atoms with E-state index in [9.17, 15) is 14.4 Å². The molecule has 1 aliphatic heterocycles. The number of ether oxygens (including phenoxy) is 1. The average Bonchev–Trinajstić information content (AvgIpc) is 2.53. The minimum atomic E-state index is -0.957. The summed E-state index contributed by atoms with van der Waals surface area (Å²) < 4.78 is 5.38. The Balaban J connectivity index is 2.02. The molecule has 1 atom stereocenters. The highest BCUT2D eigenvalue weighted by Crippen LogP contribution is 2.16. The van der Waals surface area contributed by atoms with Crippen molar-refractivity contribution in [3.05, 3.63) is 29.8 Å². The molecule has 1 unspecified atom stereocenters. The van der Waals surface area contributed by atoms with E-state index >= 15 is 0 Å². The molecule has 0 spiro atoms. The molecular weight excluding hydrogens is 326 g/mol. The Morgan fingerprint density at radius 1 is 1.36 bits per heavy atom. The van der Waals surface area contributed by atoms with E-state index in [4.69, 9.17) is 9.84 Å². The fraction of sp³-hybridized carbons (Fsp3) is 0.471. The quantitative estimate of drug-likeness (QED) is 0.747.